The zero-order valence-corrected chi connectivity index (χ0v) is 14.3. The number of phenolic OH excluding ortho intramolecular Hbond substituents is 1. The van der Waals surface area contributed by atoms with Crippen molar-refractivity contribution in [3.8, 4) is 5.75 Å². The van der Waals surface area contributed by atoms with E-state index in [-0.39, 0.29) is 22.9 Å². The van der Waals surface area contributed by atoms with Crippen molar-refractivity contribution in [3.63, 3.8) is 0 Å². The van der Waals surface area contributed by atoms with Crippen molar-refractivity contribution in [2.24, 2.45) is 10.2 Å². The molecule has 26 heavy (non-hydrogen) atoms. The average Bonchev–Trinajstić information content (AvgIpc) is 2.92. The summed E-state index contributed by atoms with van der Waals surface area (Å²) in [4.78, 5) is 14.8. The van der Waals surface area contributed by atoms with Gasteiger partial charge in [-0.05, 0) is 18.2 Å². The molecule has 8 nitrogen and oxygen atoms in total. The van der Waals surface area contributed by atoms with Crippen LogP contribution < -0.4 is 0 Å². The number of non-ortho nitro benzene ring substituents is 1. The standard InChI is InChI=1S/C17H16FN5O3/c1-17(2,3)15-16(22-9-10(18)4-7-14(22)19-15)21-20-12-8-11(23(25)26)5-6-13(12)24/h4-9,24H,1-3H3. The van der Waals surface area contributed by atoms with Crippen LogP contribution in [0.3, 0.4) is 0 Å². The second-order valence-electron chi connectivity index (χ2n) is 6.74. The van der Waals surface area contributed by atoms with Crippen molar-refractivity contribution in [1.29, 1.82) is 0 Å². The van der Waals surface area contributed by atoms with Crippen molar-refractivity contribution in [1.82, 2.24) is 9.38 Å². The van der Waals surface area contributed by atoms with Gasteiger partial charge in [0.2, 0.25) is 0 Å². The Kier molecular flexibility index (Phi) is 4.15. The molecule has 0 saturated carbocycles. The minimum Gasteiger partial charge on any atom is -0.506 e. The van der Waals surface area contributed by atoms with Crippen LogP contribution in [-0.2, 0) is 5.41 Å². The van der Waals surface area contributed by atoms with E-state index in [1.807, 2.05) is 20.8 Å². The molecule has 9 heteroatoms. The Hall–Kier alpha value is -3.36. The van der Waals surface area contributed by atoms with E-state index >= 15 is 0 Å². The number of hydrogen-bond acceptors (Lipinski definition) is 6. The quantitative estimate of drug-likeness (QED) is 0.413. The lowest BCUT2D eigenvalue weighted by Gasteiger charge is -2.15. The van der Waals surface area contributed by atoms with E-state index in [2.05, 4.69) is 15.2 Å². The van der Waals surface area contributed by atoms with Gasteiger partial charge in [0, 0.05) is 23.7 Å². The van der Waals surface area contributed by atoms with Gasteiger partial charge in [0.1, 0.15) is 22.9 Å². The van der Waals surface area contributed by atoms with Gasteiger partial charge in [-0.15, -0.1) is 10.2 Å². The Bertz CT molecular complexity index is 1040. The fourth-order valence-electron chi connectivity index (χ4n) is 2.41. The predicted octanol–water partition coefficient (Wildman–Crippen LogP) is 4.80. The van der Waals surface area contributed by atoms with Crippen LogP contribution in [0.5, 0.6) is 5.75 Å². The number of halogens is 1. The second kappa shape index (κ2) is 6.17. The van der Waals surface area contributed by atoms with Crippen LogP contribution in [0, 0.1) is 15.9 Å². The molecule has 0 unspecified atom stereocenters. The molecule has 2 aromatic heterocycles. The Morgan fingerprint density at radius 3 is 2.62 bits per heavy atom. The maximum Gasteiger partial charge on any atom is 0.271 e. The van der Waals surface area contributed by atoms with Crippen molar-refractivity contribution in [3.05, 3.63) is 58.2 Å². The summed E-state index contributed by atoms with van der Waals surface area (Å²) in [5.74, 6) is -0.431. The van der Waals surface area contributed by atoms with Crippen LogP contribution in [0.15, 0.2) is 46.8 Å². The highest BCUT2D eigenvalue weighted by Gasteiger charge is 2.24. The van der Waals surface area contributed by atoms with E-state index in [1.165, 1.54) is 34.9 Å². The molecule has 0 aliphatic carbocycles. The molecule has 3 aromatic rings. The van der Waals surface area contributed by atoms with Crippen molar-refractivity contribution >= 4 is 22.8 Å². The zero-order valence-electron chi connectivity index (χ0n) is 14.3. The summed E-state index contributed by atoms with van der Waals surface area (Å²) in [7, 11) is 0. The van der Waals surface area contributed by atoms with Crippen LogP contribution in [0.4, 0.5) is 21.6 Å². The number of azo groups is 1. The lowest BCUT2D eigenvalue weighted by atomic mass is 9.92. The molecular formula is C17H16FN5O3. The normalized spacial score (nSPS) is 12.2. The Morgan fingerprint density at radius 1 is 1.23 bits per heavy atom. The van der Waals surface area contributed by atoms with E-state index in [4.69, 9.17) is 0 Å². The maximum atomic E-state index is 13.7. The molecule has 0 spiro atoms. The number of benzene rings is 1. The first-order valence-corrected chi connectivity index (χ1v) is 7.74. The molecule has 2 heterocycles. The van der Waals surface area contributed by atoms with E-state index in [0.29, 0.717) is 11.3 Å². The summed E-state index contributed by atoms with van der Waals surface area (Å²) < 4.78 is 15.1. The number of nitro benzene ring substituents is 1. The molecule has 0 atom stereocenters. The fraction of sp³-hybridized carbons (Fsp3) is 0.235. The molecule has 1 N–H and O–H groups in total. The molecule has 1 aromatic carbocycles. The zero-order chi connectivity index (χ0) is 19.1. The third-order valence-corrected chi connectivity index (χ3v) is 3.69. The first-order chi connectivity index (χ1) is 12.2. The topological polar surface area (TPSA) is 105 Å². The minimum absolute atomic E-state index is 0.0644. The third kappa shape index (κ3) is 3.23. The van der Waals surface area contributed by atoms with Gasteiger partial charge in [-0.2, -0.15) is 0 Å². The molecular weight excluding hydrogens is 341 g/mol. The number of pyridine rings is 1. The third-order valence-electron chi connectivity index (χ3n) is 3.69. The van der Waals surface area contributed by atoms with Crippen molar-refractivity contribution in [2.45, 2.75) is 26.2 Å². The summed E-state index contributed by atoms with van der Waals surface area (Å²) >= 11 is 0. The van der Waals surface area contributed by atoms with Crippen LogP contribution >= 0.6 is 0 Å². The van der Waals surface area contributed by atoms with Crippen LogP contribution in [0.2, 0.25) is 0 Å². The summed E-state index contributed by atoms with van der Waals surface area (Å²) in [6.45, 7) is 5.78. The second-order valence-corrected chi connectivity index (χ2v) is 6.74. The average molecular weight is 357 g/mol. The smallest absolute Gasteiger partial charge is 0.271 e. The Balaban J connectivity index is 2.16. The monoisotopic (exact) mass is 357 g/mol. The number of aromatic hydroxyl groups is 1. The van der Waals surface area contributed by atoms with Gasteiger partial charge < -0.3 is 5.11 Å². The molecule has 0 amide bonds. The number of fused-ring (bicyclic) bond motifs is 1. The molecule has 0 aliphatic heterocycles. The Morgan fingerprint density at radius 2 is 1.96 bits per heavy atom. The van der Waals surface area contributed by atoms with Crippen molar-refractivity contribution in [2.75, 3.05) is 0 Å². The first-order valence-electron chi connectivity index (χ1n) is 7.74. The maximum absolute atomic E-state index is 13.7. The summed E-state index contributed by atoms with van der Waals surface area (Å²) in [5.41, 5.74) is 0.384. The van der Waals surface area contributed by atoms with Gasteiger partial charge in [0.25, 0.3) is 5.69 Å². The number of nitro groups is 1. The van der Waals surface area contributed by atoms with Gasteiger partial charge in [-0.1, -0.05) is 20.8 Å². The van der Waals surface area contributed by atoms with Gasteiger partial charge in [-0.25, -0.2) is 9.37 Å². The number of phenols is 1. The molecule has 0 saturated heterocycles. The SMILES string of the molecule is CC(C)(C)c1nc2ccc(F)cn2c1N=Nc1cc([N+](=O)[O-])ccc1O. The predicted molar refractivity (Wildman–Crippen MR) is 92.8 cm³/mol. The minimum atomic E-state index is -0.595. The molecule has 0 fully saturated rings. The lowest BCUT2D eigenvalue weighted by molar-refractivity contribution is -0.384. The summed E-state index contributed by atoms with van der Waals surface area (Å²) in [5, 5.41) is 28.8. The van der Waals surface area contributed by atoms with E-state index < -0.39 is 16.2 Å². The highest BCUT2D eigenvalue weighted by molar-refractivity contribution is 5.58. The summed E-state index contributed by atoms with van der Waals surface area (Å²) in [6, 6.07) is 6.26. The van der Waals surface area contributed by atoms with Crippen molar-refractivity contribution < 1.29 is 14.4 Å². The van der Waals surface area contributed by atoms with Crippen LogP contribution in [-0.4, -0.2) is 19.4 Å². The fourth-order valence-corrected chi connectivity index (χ4v) is 2.41. The number of aromatic nitrogens is 2. The van der Waals surface area contributed by atoms with E-state index in [1.54, 1.807) is 0 Å². The lowest BCUT2D eigenvalue weighted by Crippen LogP contribution is -2.11. The first kappa shape index (κ1) is 17.5. The van der Waals surface area contributed by atoms with Crippen LogP contribution in [0.25, 0.3) is 5.65 Å². The van der Waals surface area contributed by atoms with E-state index in [0.717, 1.165) is 6.07 Å². The largest absolute Gasteiger partial charge is 0.506 e. The number of rotatable bonds is 3. The summed E-state index contributed by atoms with van der Waals surface area (Å²) in [6.07, 6.45) is 1.24. The number of nitrogens with zero attached hydrogens (tertiary/aromatic N) is 5. The van der Waals surface area contributed by atoms with Gasteiger partial charge in [0.15, 0.2) is 5.82 Å². The van der Waals surface area contributed by atoms with E-state index in [9.17, 15) is 19.6 Å². The number of imidazole rings is 1. The van der Waals surface area contributed by atoms with Gasteiger partial charge in [0.05, 0.1) is 10.6 Å². The highest BCUT2D eigenvalue weighted by Crippen LogP contribution is 2.35. The molecule has 0 bridgehead atoms. The number of hydrogen-bond donors (Lipinski definition) is 1. The molecule has 134 valence electrons. The molecule has 3 rings (SSSR count). The van der Waals surface area contributed by atoms with Gasteiger partial charge >= 0.3 is 0 Å². The highest BCUT2D eigenvalue weighted by atomic mass is 19.1. The molecule has 0 aliphatic rings. The van der Waals surface area contributed by atoms with Gasteiger partial charge in [-0.3, -0.25) is 14.5 Å². The van der Waals surface area contributed by atoms with Crippen LogP contribution in [0.1, 0.15) is 26.5 Å². The Labute approximate surface area is 147 Å². The molecule has 0 radical (unpaired) electrons.